The van der Waals surface area contributed by atoms with Crippen LogP contribution in [0.1, 0.15) is 72.6 Å². The molecule has 2 saturated carbocycles. The van der Waals surface area contributed by atoms with Gasteiger partial charge in [0.05, 0.1) is 48.7 Å². The van der Waals surface area contributed by atoms with Gasteiger partial charge in [0.2, 0.25) is 17.7 Å². The Morgan fingerprint density at radius 2 is 1.64 bits per heavy atom. The van der Waals surface area contributed by atoms with E-state index in [1.165, 1.54) is 16.4 Å². The molecular formula is C47H50N6O8. The van der Waals surface area contributed by atoms with Crippen LogP contribution in [0.4, 0.5) is 5.69 Å². The van der Waals surface area contributed by atoms with Crippen molar-refractivity contribution in [1.82, 2.24) is 24.8 Å². The highest BCUT2D eigenvalue weighted by atomic mass is 16.5. The van der Waals surface area contributed by atoms with Crippen molar-refractivity contribution in [2.75, 3.05) is 44.4 Å². The van der Waals surface area contributed by atoms with Gasteiger partial charge in [-0.2, -0.15) is 0 Å². The summed E-state index contributed by atoms with van der Waals surface area (Å²) < 4.78 is 26.9. The van der Waals surface area contributed by atoms with Crippen LogP contribution in [0, 0.1) is 11.3 Å². The second-order valence-electron chi connectivity index (χ2n) is 17.5. The lowest BCUT2D eigenvalue weighted by molar-refractivity contribution is -0.136. The number of hydrogen-bond acceptors (Lipinski definition) is 11. The van der Waals surface area contributed by atoms with E-state index in [9.17, 15) is 19.2 Å². The number of carbonyl (C=O) groups excluding carboxylic acids is 4. The Balaban J connectivity index is 0.601. The Kier molecular flexibility index (Phi) is 10.3. The van der Waals surface area contributed by atoms with Gasteiger partial charge in [0.25, 0.3) is 11.8 Å². The van der Waals surface area contributed by atoms with Gasteiger partial charge in [-0.3, -0.25) is 34.4 Å². The number of hydrogen-bond donors (Lipinski definition) is 1. The predicted octanol–water partition coefficient (Wildman–Crippen LogP) is 5.84. The molecule has 14 heteroatoms. The summed E-state index contributed by atoms with van der Waals surface area (Å²) in [5.74, 6) is -0.839. The first kappa shape index (κ1) is 39.4. The van der Waals surface area contributed by atoms with Crippen LogP contribution in [0.5, 0.6) is 5.88 Å². The zero-order valence-electron chi connectivity index (χ0n) is 34.5. The quantitative estimate of drug-likeness (QED) is 0.100. The van der Waals surface area contributed by atoms with Crippen molar-refractivity contribution in [2.24, 2.45) is 18.4 Å². The molecule has 5 aliphatic rings. The highest BCUT2D eigenvalue weighted by Gasteiger charge is 2.46. The maximum absolute atomic E-state index is 13.2. The van der Waals surface area contributed by atoms with Gasteiger partial charge in [-0.05, 0) is 79.0 Å². The molecule has 4 fully saturated rings. The van der Waals surface area contributed by atoms with E-state index in [1.54, 1.807) is 12.1 Å². The molecule has 2 aromatic carbocycles. The summed E-state index contributed by atoms with van der Waals surface area (Å²) in [7, 11) is 2.09. The first-order valence-corrected chi connectivity index (χ1v) is 21.5. The maximum atomic E-state index is 13.2. The number of pyridine rings is 2. The van der Waals surface area contributed by atoms with Crippen molar-refractivity contribution in [3.63, 3.8) is 0 Å². The van der Waals surface area contributed by atoms with Crippen LogP contribution in [0.3, 0.4) is 0 Å². The van der Waals surface area contributed by atoms with Crippen molar-refractivity contribution in [1.29, 1.82) is 0 Å². The smallest absolute Gasteiger partial charge is 0.262 e. The van der Waals surface area contributed by atoms with Crippen LogP contribution in [-0.4, -0.2) is 107 Å². The Bertz CT molecular complexity index is 2520. The second kappa shape index (κ2) is 16.0. The highest BCUT2D eigenvalue weighted by molar-refractivity contribution is 6.23. The van der Waals surface area contributed by atoms with Crippen LogP contribution < -0.4 is 15.0 Å². The lowest BCUT2D eigenvalue weighted by Crippen LogP contribution is -2.54. The average Bonchev–Trinajstić information content (AvgIpc) is 3.65. The minimum absolute atomic E-state index is 0.0530. The lowest BCUT2D eigenvalue weighted by Gasteiger charge is -2.48. The van der Waals surface area contributed by atoms with E-state index in [0.29, 0.717) is 38.1 Å². The predicted molar refractivity (Wildman–Crippen MR) is 226 cm³/mol. The largest absolute Gasteiger partial charge is 0.474 e. The van der Waals surface area contributed by atoms with Crippen molar-refractivity contribution in [3.8, 4) is 17.0 Å². The number of piperidine rings is 1. The van der Waals surface area contributed by atoms with Gasteiger partial charge in [-0.25, -0.2) is 4.98 Å². The Hall–Kier alpha value is -5.70. The monoisotopic (exact) mass is 826 g/mol. The molecule has 316 valence electrons. The van der Waals surface area contributed by atoms with Crippen LogP contribution >= 0.6 is 0 Å². The number of amides is 4. The Labute approximate surface area is 353 Å². The minimum Gasteiger partial charge on any atom is -0.474 e. The molecule has 14 nitrogen and oxygen atoms in total. The number of nitrogens with one attached hydrogen (secondary N) is 1. The fourth-order valence-electron chi connectivity index (χ4n) is 9.79. The number of carbonyl (C=O) groups is 4. The van der Waals surface area contributed by atoms with Gasteiger partial charge >= 0.3 is 0 Å². The number of nitrogens with zero attached hydrogens (tertiary/aromatic N) is 5. The molecule has 0 radical (unpaired) electrons. The van der Waals surface area contributed by atoms with Crippen LogP contribution in [0.25, 0.3) is 32.9 Å². The van der Waals surface area contributed by atoms with Crippen LogP contribution in [0.15, 0.2) is 73.2 Å². The number of fused-ring (bicyclic) bond motifs is 4. The molecule has 2 aliphatic carbocycles. The van der Waals surface area contributed by atoms with E-state index < -0.39 is 29.7 Å². The van der Waals surface area contributed by atoms with Crippen LogP contribution in [-0.2, 0) is 30.8 Å². The second-order valence-corrected chi connectivity index (χ2v) is 17.5. The third-order valence-corrected chi connectivity index (χ3v) is 13.6. The summed E-state index contributed by atoms with van der Waals surface area (Å²) in [4.78, 5) is 62.2. The van der Waals surface area contributed by atoms with Gasteiger partial charge in [0.1, 0.15) is 12.1 Å². The third kappa shape index (κ3) is 7.44. The fraction of sp³-hybridized carbons (Fsp3) is 0.447. The topological polar surface area (TPSA) is 154 Å². The highest BCUT2D eigenvalue weighted by Crippen LogP contribution is 2.49. The number of rotatable bonds is 15. The van der Waals surface area contributed by atoms with Gasteiger partial charge < -0.3 is 28.4 Å². The summed E-state index contributed by atoms with van der Waals surface area (Å²) in [5.41, 5.74) is 6.10. The number of ether oxygens (including phenoxy) is 4. The molecule has 61 heavy (non-hydrogen) atoms. The first-order valence-electron chi connectivity index (χ1n) is 21.5. The Morgan fingerprint density at radius 1 is 0.820 bits per heavy atom. The summed E-state index contributed by atoms with van der Waals surface area (Å²) in [6.45, 7) is 6.13. The van der Waals surface area contributed by atoms with Gasteiger partial charge in [0.15, 0.2) is 0 Å². The number of imide groups is 2. The summed E-state index contributed by atoms with van der Waals surface area (Å²) in [5, 5.41) is 4.58. The number of benzene rings is 2. The summed E-state index contributed by atoms with van der Waals surface area (Å²) >= 11 is 0. The van der Waals surface area contributed by atoms with E-state index in [1.807, 2.05) is 36.8 Å². The van der Waals surface area contributed by atoms with Gasteiger partial charge in [-0.1, -0.05) is 19.1 Å². The fourth-order valence-corrected chi connectivity index (χ4v) is 9.79. The van der Waals surface area contributed by atoms with E-state index >= 15 is 0 Å². The van der Waals surface area contributed by atoms with Crippen molar-refractivity contribution in [2.45, 2.75) is 76.2 Å². The SMILES string of the molecule is CCC1(COC2CC(Oc3ccc(-c4ccc5c6cnccc6n(C)c5c4)cn3)C2)CC(COCCOC2CN(c3ccc4c(c3)C(=O)N(C3CCC(=O)NC3=O)C4=O)C2)C1. The number of aromatic nitrogens is 3. The number of aryl methyl sites for hydroxylation is 1. The normalized spacial score (nSPS) is 25.1. The molecule has 10 rings (SSSR count). The van der Waals surface area contributed by atoms with E-state index in [0.717, 1.165) is 72.4 Å². The molecule has 4 amide bonds. The summed E-state index contributed by atoms with van der Waals surface area (Å²) in [6, 6.07) is 16.8. The van der Waals surface area contributed by atoms with Crippen molar-refractivity contribution >= 4 is 51.1 Å². The standard InChI is InChI=1S/C47H50N6O8/c1-3-47(27-60-32-18-33(19-32)61-43-11-5-30(22-49-43)29-4-7-35-38-23-48-13-12-39(38)51(2)41(35)16-29)20-28(21-47)26-58-14-15-59-34-24-52(25-34)31-6-8-36-37(17-31)46(57)53(45(36)56)40-9-10-42(54)50-44(40)55/h4-8,11-13,16-17,22-23,28,32-34,40H,3,9-10,14-15,18-21,24-27H2,1-2H3,(H,50,54,55). The molecule has 0 bridgehead atoms. The summed E-state index contributed by atoms with van der Waals surface area (Å²) in [6.07, 6.45) is 11.3. The number of anilines is 1. The minimum atomic E-state index is -0.976. The molecule has 2 saturated heterocycles. The van der Waals surface area contributed by atoms with Crippen molar-refractivity contribution in [3.05, 3.63) is 84.3 Å². The molecule has 3 aromatic heterocycles. The van der Waals surface area contributed by atoms with Gasteiger partial charge in [0, 0.05) is 98.2 Å². The Morgan fingerprint density at radius 3 is 2.43 bits per heavy atom. The van der Waals surface area contributed by atoms with Crippen molar-refractivity contribution < 1.29 is 38.1 Å². The van der Waals surface area contributed by atoms with E-state index in [2.05, 4.69) is 63.0 Å². The molecule has 1 unspecified atom stereocenters. The van der Waals surface area contributed by atoms with Crippen LogP contribution in [0.2, 0.25) is 0 Å². The molecule has 5 aromatic rings. The molecular weight excluding hydrogens is 777 g/mol. The first-order chi connectivity index (χ1) is 29.6. The zero-order valence-corrected chi connectivity index (χ0v) is 34.5. The third-order valence-electron chi connectivity index (χ3n) is 13.6. The molecule has 6 heterocycles. The average molecular weight is 827 g/mol. The molecule has 1 N–H and O–H groups in total. The maximum Gasteiger partial charge on any atom is 0.262 e. The van der Waals surface area contributed by atoms with Gasteiger partial charge in [-0.15, -0.1) is 0 Å². The van der Waals surface area contributed by atoms with E-state index in [4.69, 9.17) is 18.9 Å². The molecule has 0 spiro atoms. The molecule has 3 aliphatic heterocycles. The molecule has 1 atom stereocenters. The zero-order chi connectivity index (χ0) is 41.8. The van der Waals surface area contributed by atoms with E-state index in [-0.39, 0.29) is 47.7 Å². The lowest BCUT2D eigenvalue weighted by atomic mass is 9.61.